The third-order valence-electron chi connectivity index (χ3n) is 2.21. The van der Waals surface area contributed by atoms with Gasteiger partial charge in [0.15, 0.2) is 0 Å². The van der Waals surface area contributed by atoms with Gasteiger partial charge in [-0.15, -0.1) is 0 Å². The van der Waals surface area contributed by atoms with E-state index in [0.717, 1.165) is 27.6 Å². The van der Waals surface area contributed by atoms with Gasteiger partial charge < -0.3 is 11.1 Å². The fraction of sp³-hybridized carbons (Fsp3) is 0.500. The van der Waals surface area contributed by atoms with Gasteiger partial charge in [0.2, 0.25) is 0 Å². The van der Waals surface area contributed by atoms with E-state index in [-0.39, 0.29) is 5.54 Å². The zero-order valence-electron chi connectivity index (χ0n) is 9.90. The van der Waals surface area contributed by atoms with Gasteiger partial charge in [0, 0.05) is 14.5 Å². The number of hydrogen-bond donors (Lipinski definition) is 2. The molecule has 0 spiro atoms. The highest BCUT2D eigenvalue weighted by molar-refractivity contribution is 9.11. The van der Waals surface area contributed by atoms with E-state index in [1.54, 1.807) is 0 Å². The Kier molecular flexibility index (Phi) is 4.83. The molecule has 0 bridgehead atoms. The number of nitrogens with two attached hydrogens (primary N) is 1. The maximum absolute atomic E-state index is 5.84. The van der Waals surface area contributed by atoms with E-state index in [2.05, 4.69) is 70.1 Å². The first kappa shape index (κ1) is 14.0. The predicted molar refractivity (Wildman–Crippen MR) is 77.7 cm³/mol. The third kappa shape index (κ3) is 4.44. The normalized spacial score (nSPS) is 11.8. The standard InChI is InChI=1S/C12H18Br2N2/c1-12(2,3)16-5-4-8-6-9(13)11(15)10(14)7-8/h6-7,16H,4-5,15H2,1-3H3. The lowest BCUT2D eigenvalue weighted by Gasteiger charge is -2.20. The molecule has 1 rings (SSSR count). The minimum Gasteiger partial charge on any atom is -0.397 e. The molecule has 0 aliphatic carbocycles. The molecule has 0 aliphatic rings. The van der Waals surface area contributed by atoms with Crippen LogP contribution in [0.25, 0.3) is 0 Å². The SMILES string of the molecule is CC(C)(C)NCCc1cc(Br)c(N)c(Br)c1. The Hall–Kier alpha value is -0.0600. The van der Waals surface area contributed by atoms with Gasteiger partial charge in [-0.2, -0.15) is 0 Å². The lowest BCUT2D eigenvalue weighted by molar-refractivity contribution is 0.429. The van der Waals surface area contributed by atoms with Crippen LogP contribution < -0.4 is 11.1 Å². The maximum atomic E-state index is 5.84. The number of anilines is 1. The van der Waals surface area contributed by atoms with Crippen molar-refractivity contribution in [3.8, 4) is 0 Å². The number of nitrogens with one attached hydrogen (secondary N) is 1. The van der Waals surface area contributed by atoms with Gasteiger partial charge in [0.05, 0.1) is 5.69 Å². The Morgan fingerprint density at radius 3 is 2.12 bits per heavy atom. The number of halogens is 2. The Morgan fingerprint density at radius 1 is 1.19 bits per heavy atom. The van der Waals surface area contributed by atoms with Crippen LogP contribution in [-0.4, -0.2) is 12.1 Å². The van der Waals surface area contributed by atoms with E-state index >= 15 is 0 Å². The van der Waals surface area contributed by atoms with Crippen LogP contribution in [0, 0.1) is 0 Å². The second kappa shape index (κ2) is 5.52. The minimum atomic E-state index is 0.169. The summed E-state index contributed by atoms with van der Waals surface area (Å²) in [6.45, 7) is 7.47. The monoisotopic (exact) mass is 348 g/mol. The Balaban J connectivity index is 2.62. The van der Waals surface area contributed by atoms with Crippen molar-refractivity contribution in [1.29, 1.82) is 0 Å². The zero-order chi connectivity index (χ0) is 12.3. The van der Waals surface area contributed by atoms with Crippen LogP contribution in [-0.2, 0) is 6.42 Å². The first-order valence-electron chi connectivity index (χ1n) is 5.28. The molecule has 0 amide bonds. The largest absolute Gasteiger partial charge is 0.397 e. The van der Waals surface area contributed by atoms with Crippen LogP contribution >= 0.6 is 31.9 Å². The highest BCUT2D eigenvalue weighted by atomic mass is 79.9. The van der Waals surface area contributed by atoms with Crippen LogP contribution in [0.5, 0.6) is 0 Å². The van der Waals surface area contributed by atoms with E-state index in [1.807, 2.05) is 0 Å². The molecular weight excluding hydrogens is 332 g/mol. The maximum Gasteiger partial charge on any atom is 0.0603 e. The molecule has 0 saturated carbocycles. The van der Waals surface area contributed by atoms with Crippen molar-refractivity contribution in [3.05, 3.63) is 26.6 Å². The Morgan fingerprint density at radius 2 is 1.69 bits per heavy atom. The summed E-state index contributed by atoms with van der Waals surface area (Å²) in [6, 6.07) is 4.15. The predicted octanol–water partition coefficient (Wildman–Crippen LogP) is 3.72. The summed E-state index contributed by atoms with van der Waals surface area (Å²) in [4.78, 5) is 0. The molecule has 0 heterocycles. The molecule has 0 aromatic heterocycles. The van der Waals surface area contributed by atoms with Gasteiger partial charge in [0.1, 0.15) is 0 Å². The quantitative estimate of drug-likeness (QED) is 0.816. The molecule has 1 aromatic rings. The van der Waals surface area contributed by atoms with Crippen molar-refractivity contribution in [3.63, 3.8) is 0 Å². The summed E-state index contributed by atoms with van der Waals surface area (Å²) in [5.74, 6) is 0. The zero-order valence-corrected chi connectivity index (χ0v) is 13.1. The summed E-state index contributed by atoms with van der Waals surface area (Å²) in [5.41, 5.74) is 8.03. The van der Waals surface area contributed by atoms with E-state index in [1.165, 1.54) is 5.56 Å². The number of nitrogen functional groups attached to an aromatic ring is 1. The molecule has 0 saturated heterocycles. The van der Waals surface area contributed by atoms with Crippen LogP contribution in [0.4, 0.5) is 5.69 Å². The Labute approximate surface area is 114 Å². The molecule has 4 heteroatoms. The van der Waals surface area contributed by atoms with Crippen molar-refractivity contribution >= 4 is 37.5 Å². The van der Waals surface area contributed by atoms with E-state index in [4.69, 9.17) is 5.73 Å². The summed E-state index contributed by atoms with van der Waals surface area (Å²) in [7, 11) is 0. The van der Waals surface area contributed by atoms with Crippen LogP contribution in [0.1, 0.15) is 26.3 Å². The first-order valence-corrected chi connectivity index (χ1v) is 6.86. The lowest BCUT2D eigenvalue weighted by Crippen LogP contribution is -2.37. The molecule has 0 aliphatic heterocycles. The van der Waals surface area contributed by atoms with Crippen LogP contribution in [0.3, 0.4) is 0 Å². The van der Waals surface area contributed by atoms with Crippen LogP contribution in [0.2, 0.25) is 0 Å². The topological polar surface area (TPSA) is 38.0 Å². The second-order valence-electron chi connectivity index (χ2n) is 4.90. The molecule has 0 fully saturated rings. The van der Waals surface area contributed by atoms with Gasteiger partial charge in [-0.1, -0.05) is 0 Å². The highest BCUT2D eigenvalue weighted by Crippen LogP contribution is 2.29. The van der Waals surface area contributed by atoms with E-state index < -0.39 is 0 Å². The van der Waals surface area contributed by atoms with Crippen molar-refractivity contribution in [2.45, 2.75) is 32.7 Å². The highest BCUT2D eigenvalue weighted by Gasteiger charge is 2.09. The minimum absolute atomic E-state index is 0.169. The van der Waals surface area contributed by atoms with Gasteiger partial charge in [-0.3, -0.25) is 0 Å². The lowest BCUT2D eigenvalue weighted by atomic mass is 10.1. The number of benzene rings is 1. The average molecular weight is 350 g/mol. The molecular formula is C12H18Br2N2. The average Bonchev–Trinajstić information content (AvgIpc) is 2.12. The molecule has 0 radical (unpaired) electrons. The second-order valence-corrected chi connectivity index (χ2v) is 6.61. The Bertz CT molecular complexity index is 347. The third-order valence-corrected chi connectivity index (χ3v) is 3.52. The molecule has 16 heavy (non-hydrogen) atoms. The molecule has 1 aromatic carbocycles. The van der Waals surface area contributed by atoms with Crippen molar-refractivity contribution in [1.82, 2.24) is 5.32 Å². The summed E-state index contributed by atoms with van der Waals surface area (Å²) >= 11 is 6.91. The van der Waals surface area contributed by atoms with Crippen molar-refractivity contribution in [2.75, 3.05) is 12.3 Å². The summed E-state index contributed by atoms with van der Waals surface area (Å²) < 4.78 is 1.90. The van der Waals surface area contributed by atoms with Gasteiger partial charge in [-0.25, -0.2) is 0 Å². The van der Waals surface area contributed by atoms with E-state index in [0.29, 0.717) is 0 Å². The summed E-state index contributed by atoms with van der Waals surface area (Å²) in [5, 5.41) is 3.46. The first-order chi connectivity index (χ1) is 7.29. The van der Waals surface area contributed by atoms with Crippen molar-refractivity contribution < 1.29 is 0 Å². The fourth-order valence-electron chi connectivity index (χ4n) is 1.36. The van der Waals surface area contributed by atoms with Crippen molar-refractivity contribution in [2.24, 2.45) is 0 Å². The summed E-state index contributed by atoms with van der Waals surface area (Å²) in [6.07, 6.45) is 0.995. The smallest absolute Gasteiger partial charge is 0.0603 e. The molecule has 0 atom stereocenters. The molecule has 90 valence electrons. The molecule has 2 nitrogen and oxygen atoms in total. The fourth-order valence-corrected chi connectivity index (χ4v) is 2.64. The van der Waals surface area contributed by atoms with E-state index in [9.17, 15) is 0 Å². The number of rotatable bonds is 3. The van der Waals surface area contributed by atoms with Gasteiger partial charge in [-0.05, 0) is 83.3 Å². The van der Waals surface area contributed by atoms with Gasteiger partial charge in [0.25, 0.3) is 0 Å². The molecule has 3 N–H and O–H groups in total. The van der Waals surface area contributed by atoms with Gasteiger partial charge >= 0.3 is 0 Å². The number of hydrogen-bond acceptors (Lipinski definition) is 2. The molecule has 0 unspecified atom stereocenters. The van der Waals surface area contributed by atoms with Crippen LogP contribution in [0.15, 0.2) is 21.1 Å².